The fraction of sp³-hybridized carbons (Fsp3) is 0.333. The lowest BCUT2D eigenvalue weighted by Crippen LogP contribution is -2.15. The topological polar surface area (TPSA) is 51.0 Å². The van der Waals surface area contributed by atoms with Crippen molar-refractivity contribution in [3.63, 3.8) is 0 Å². The zero-order chi connectivity index (χ0) is 12.5. The van der Waals surface area contributed by atoms with Crippen LogP contribution in [0.5, 0.6) is 0 Å². The predicted molar refractivity (Wildman–Crippen MR) is 72.3 cm³/mol. The normalized spacial score (nSPS) is 15.0. The van der Waals surface area contributed by atoms with Gasteiger partial charge in [0.25, 0.3) is 0 Å². The van der Waals surface area contributed by atoms with E-state index in [9.17, 15) is 0 Å². The molecular weight excluding hydrogens is 318 g/mol. The van der Waals surface area contributed by atoms with Crippen LogP contribution in [0.15, 0.2) is 27.2 Å². The summed E-state index contributed by atoms with van der Waals surface area (Å²) in [5.41, 5.74) is 0.882. The van der Waals surface area contributed by atoms with Crippen LogP contribution in [-0.2, 0) is 6.54 Å². The van der Waals surface area contributed by atoms with Crippen molar-refractivity contribution in [1.29, 1.82) is 0 Å². The molecule has 1 aliphatic rings. The Labute approximate surface area is 118 Å². The van der Waals surface area contributed by atoms with Crippen LogP contribution in [0.4, 0.5) is 0 Å². The predicted octanol–water partition coefficient (Wildman–Crippen LogP) is 3.40. The van der Waals surface area contributed by atoms with Gasteiger partial charge in [-0.15, -0.1) is 0 Å². The number of nitrogens with zero attached hydrogens (tertiary/aromatic N) is 2. The van der Waals surface area contributed by atoms with Crippen LogP contribution in [0.25, 0.3) is 11.4 Å². The molecule has 1 fully saturated rings. The van der Waals surface area contributed by atoms with Crippen molar-refractivity contribution in [3.05, 3.63) is 33.6 Å². The number of rotatable bonds is 4. The van der Waals surface area contributed by atoms with E-state index in [1.54, 1.807) is 6.07 Å². The number of aromatic nitrogens is 2. The lowest BCUT2D eigenvalue weighted by Gasteiger charge is -1.98. The zero-order valence-corrected chi connectivity index (χ0v) is 11.8. The molecule has 1 N–H and O–H groups in total. The summed E-state index contributed by atoms with van der Waals surface area (Å²) in [6, 6.07) is 6.19. The summed E-state index contributed by atoms with van der Waals surface area (Å²) in [6.07, 6.45) is 2.48. The van der Waals surface area contributed by atoms with Crippen molar-refractivity contribution in [2.24, 2.45) is 0 Å². The maximum Gasteiger partial charge on any atom is 0.240 e. The van der Waals surface area contributed by atoms with Gasteiger partial charge in [-0.3, -0.25) is 0 Å². The van der Waals surface area contributed by atoms with Crippen molar-refractivity contribution >= 4 is 27.5 Å². The van der Waals surface area contributed by atoms with E-state index in [0.29, 0.717) is 29.3 Å². The quantitative estimate of drug-likeness (QED) is 0.934. The van der Waals surface area contributed by atoms with E-state index in [0.717, 1.165) is 10.0 Å². The molecule has 3 rings (SSSR count). The Morgan fingerprint density at radius 3 is 3.00 bits per heavy atom. The van der Waals surface area contributed by atoms with Gasteiger partial charge in [0.05, 0.1) is 11.6 Å². The molecule has 4 nitrogen and oxygen atoms in total. The highest BCUT2D eigenvalue weighted by molar-refractivity contribution is 9.10. The minimum atomic E-state index is 0.583. The summed E-state index contributed by atoms with van der Waals surface area (Å²) in [4.78, 5) is 4.35. The van der Waals surface area contributed by atoms with Crippen molar-refractivity contribution < 1.29 is 4.52 Å². The fourth-order valence-corrected chi connectivity index (χ4v) is 2.09. The van der Waals surface area contributed by atoms with Crippen LogP contribution in [0.2, 0.25) is 5.02 Å². The van der Waals surface area contributed by atoms with Crippen molar-refractivity contribution in [2.45, 2.75) is 25.4 Å². The third-order valence-electron chi connectivity index (χ3n) is 2.77. The van der Waals surface area contributed by atoms with Gasteiger partial charge in [0.2, 0.25) is 11.7 Å². The molecule has 94 valence electrons. The molecule has 0 aliphatic heterocycles. The van der Waals surface area contributed by atoms with E-state index in [-0.39, 0.29) is 0 Å². The molecule has 1 saturated carbocycles. The number of nitrogens with one attached hydrogen (secondary N) is 1. The summed E-state index contributed by atoms with van der Waals surface area (Å²) in [5.74, 6) is 1.20. The second-order valence-corrected chi connectivity index (χ2v) is 5.56. The first kappa shape index (κ1) is 12.1. The maximum atomic E-state index is 5.94. The van der Waals surface area contributed by atoms with Gasteiger partial charge in [0.1, 0.15) is 0 Å². The molecule has 0 spiro atoms. The van der Waals surface area contributed by atoms with Gasteiger partial charge in [-0.2, -0.15) is 4.98 Å². The molecule has 0 atom stereocenters. The molecule has 2 aromatic rings. The van der Waals surface area contributed by atoms with Crippen molar-refractivity contribution in [3.8, 4) is 11.4 Å². The summed E-state index contributed by atoms with van der Waals surface area (Å²) < 4.78 is 6.02. The second kappa shape index (κ2) is 4.99. The maximum absolute atomic E-state index is 5.94. The fourth-order valence-electron chi connectivity index (χ4n) is 1.60. The van der Waals surface area contributed by atoms with E-state index < -0.39 is 0 Å². The summed E-state index contributed by atoms with van der Waals surface area (Å²) in [5, 5.41) is 7.96. The number of hydrogen-bond acceptors (Lipinski definition) is 4. The Balaban J connectivity index is 1.76. The highest BCUT2D eigenvalue weighted by atomic mass is 79.9. The van der Waals surface area contributed by atoms with Crippen LogP contribution in [0.1, 0.15) is 18.7 Å². The smallest absolute Gasteiger partial charge is 0.240 e. The largest absolute Gasteiger partial charge is 0.338 e. The van der Waals surface area contributed by atoms with Gasteiger partial charge in [0, 0.05) is 16.1 Å². The van der Waals surface area contributed by atoms with Crippen LogP contribution >= 0.6 is 27.5 Å². The van der Waals surface area contributed by atoms with Crippen molar-refractivity contribution in [2.75, 3.05) is 0 Å². The minimum absolute atomic E-state index is 0.583. The van der Waals surface area contributed by atoms with E-state index in [1.165, 1.54) is 12.8 Å². The molecular formula is C12H11BrClN3O. The van der Waals surface area contributed by atoms with Gasteiger partial charge >= 0.3 is 0 Å². The van der Waals surface area contributed by atoms with E-state index >= 15 is 0 Å². The first-order valence-electron chi connectivity index (χ1n) is 5.74. The Bertz CT molecular complexity index is 568. The average molecular weight is 329 g/mol. The zero-order valence-electron chi connectivity index (χ0n) is 9.49. The van der Waals surface area contributed by atoms with Crippen LogP contribution < -0.4 is 5.32 Å². The summed E-state index contributed by atoms with van der Waals surface area (Å²) in [7, 11) is 0. The van der Waals surface area contributed by atoms with Gasteiger partial charge in [-0.05, 0) is 47.0 Å². The van der Waals surface area contributed by atoms with E-state index in [4.69, 9.17) is 16.1 Å². The standard InChI is InChI=1S/C12H11BrClN3O/c13-9-5-7(1-4-10(9)14)12-16-11(18-17-12)6-15-8-2-3-8/h1,4-5,8,15H,2-3,6H2. The molecule has 1 aliphatic carbocycles. The van der Waals surface area contributed by atoms with E-state index in [2.05, 4.69) is 31.4 Å². The van der Waals surface area contributed by atoms with Gasteiger partial charge in [-0.1, -0.05) is 16.8 Å². The van der Waals surface area contributed by atoms with Crippen LogP contribution in [-0.4, -0.2) is 16.2 Å². The molecule has 0 unspecified atom stereocenters. The third-order valence-corrected chi connectivity index (χ3v) is 3.98. The Morgan fingerprint density at radius 2 is 2.28 bits per heavy atom. The number of hydrogen-bond donors (Lipinski definition) is 1. The molecule has 1 aromatic carbocycles. The molecule has 0 radical (unpaired) electrons. The van der Waals surface area contributed by atoms with Crippen LogP contribution in [0, 0.1) is 0 Å². The molecule has 0 bridgehead atoms. The number of benzene rings is 1. The SMILES string of the molecule is Clc1ccc(-c2noc(CNC3CC3)n2)cc1Br. The molecule has 1 aromatic heterocycles. The van der Waals surface area contributed by atoms with Gasteiger partial charge in [-0.25, -0.2) is 0 Å². The summed E-state index contributed by atoms with van der Waals surface area (Å²) >= 11 is 9.32. The van der Waals surface area contributed by atoms with Gasteiger partial charge in [0.15, 0.2) is 0 Å². The molecule has 0 amide bonds. The Morgan fingerprint density at radius 1 is 1.44 bits per heavy atom. The first-order valence-corrected chi connectivity index (χ1v) is 6.91. The first-order chi connectivity index (χ1) is 8.72. The monoisotopic (exact) mass is 327 g/mol. The lowest BCUT2D eigenvalue weighted by atomic mass is 10.2. The molecule has 6 heteroatoms. The van der Waals surface area contributed by atoms with Crippen molar-refractivity contribution in [1.82, 2.24) is 15.5 Å². The molecule has 0 saturated heterocycles. The van der Waals surface area contributed by atoms with Crippen LogP contribution in [0.3, 0.4) is 0 Å². The third kappa shape index (κ3) is 2.74. The lowest BCUT2D eigenvalue weighted by molar-refractivity contribution is 0.367. The second-order valence-electron chi connectivity index (χ2n) is 4.30. The highest BCUT2D eigenvalue weighted by Gasteiger charge is 2.21. The van der Waals surface area contributed by atoms with Gasteiger partial charge < -0.3 is 9.84 Å². The highest BCUT2D eigenvalue weighted by Crippen LogP contribution is 2.27. The van der Waals surface area contributed by atoms with E-state index in [1.807, 2.05) is 12.1 Å². The average Bonchev–Trinajstić information content (AvgIpc) is 3.08. The summed E-state index contributed by atoms with van der Waals surface area (Å²) in [6.45, 7) is 0.631. The Hall–Kier alpha value is -0.910. The Kier molecular flexibility index (Phi) is 3.37. The minimum Gasteiger partial charge on any atom is -0.338 e. The molecule has 18 heavy (non-hydrogen) atoms. The number of halogens is 2. The molecule has 1 heterocycles.